The molecule has 0 fully saturated rings. The zero-order valence-corrected chi connectivity index (χ0v) is 12.0. The largest absolute Gasteiger partial charge is 0.497 e. The second-order valence-corrected chi connectivity index (χ2v) is 5.62. The summed E-state index contributed by atoms with van der Waals surface area (Å²) in [4.78, 5) is 5.48. The number of benzene rings is 1. The third-order valence-corrected chi connectivity index (χ3v) is 4.30. The molecule has 2 rings (SSSR count). The highest BCUT2D eigenvalue weighted by atomic mass is 79.9. The van der Waals surface area contributed by atoms with Crippen LogP contribution in [0.15, 0.2) is 28.9 Å². The summed E-state index contributed by atoms with van der Waals surface area (Å²) in [7, 11) is 1.66. The van der Waals surface area contributed by atoms with E-state index >= 15 is 0 Å². The number of ether oxygens (including phenoxy) is 1. The Hall–Kier alpha value is -0.910. The van der Waals surface area contributed by atoms with Gasteiger partial charge in [0.25, 0.3) is 0 Å². The molecule has 0 aliphatic heterocycles. The Balaban J connectivity index is 2.44. The van der Waals surface area contributed by atoms with E-state index in [-0.39, 0.29) is 6.04 Å². The van der Waals surface area contributed by atoms with Crippen molar-refractivity contribution in [3.8, 4) is 16.3 Å². The van der Waals surface area contributed by atoms with E-state index in [0.717, 1.165) is 25.7 Å². The van der Waals surface area contributed by atoms with Crippen LogP contribution in [0, 0.1) is 0 Å². The highest BCUT2D eigenvalue weighted by Crippen LogP contribution is 2.35. The number of hydrogen-bond acceptors (Lipinski definition) is 4. The van der Waals surface area contributed by atoms with Crippen LogP contribution in [0.5, 0.6) is 5.75 Å². The first-order valence-corrected chi connectivity index (χ1v) is 6.78. The summed E-state index contributed by atoms with van der Waals surface area (Å²) < 4.78 is 6.22. The maximum Gasteiger partial charge on any atom is 0.124 e. The van der Waals surface area contributed by atoms with E-state index in [1.807, 2.05) is 31.3 Å². The number of hydrogen-bond donors (Lipinski definition) is 1. The fraction of sp³-hybridized carbons (Fsp3) is 0.250. The van der Waals surface area contributed by atoms with Crippen LogP contribution in [-0.4, -0.2) is 12.1 Å². The lowest BCUT2D eigenvalue weighted by Gasteiger charge is -2.04. The van der Waals surface area contributed by atoms with Gasteiger partial charge in [0.05, 0.1) is 7.11 Å². The number of methoxy groups -OCH3 is 1. The Kier molecular flexibility index (Phi) is 3.81. The Morgan fingerprint density at radius 1 is 1.47 bits per heavy atom. The summed E-state index contributed by atoms with van der Waals surface area (Å²) in [5, 5.41) is 0.947. The molecule has 0 saturated heterocycles. The minimum absolute atomic E-state index is 0.0191. The Morgan fingerprint density at radius 2 is 2.24 bits per heavy atom. The van der Waals surface area contributed by atoms with Crippen LogP contribution in [0.3, 0.4) is 0 Å². The standard InChI is InChI=1S/C12H13BrN2OS/c1-7(14)11-6-15-12(17-11)9-5-8(16-2)3-4-10(9)13/h3-7H,14H2,1-2H3. The maximum atomic E-state index is 5.83. The summed E-state index contributed by atoms with van der Waals surface area (Å²) in [5.74, 6) is 0.820. The van der Waals surface area contributed by atoms with Crippen LogP contribution in [-0.2, 0) is 0 Å². The van der Waals surface area contributed by atoms with E-state index in [9.17, 15) is 0 Å². The summed E-state index contributed by atoms with van der Waals surface area (Å²) in [6.45, 7) is 1.96. The highest BCUT2D eigenvalue weighted by molar-refractivity contribution is 9.10. The van der Waals surface area contributed by atoms with Crippen molar-refractivity contribution in [3.63, 3.8) is 0 Å². The molecule has 0 spiro atoms. The SMILES string of the molecule is COc1ccc(Br)c(-c2ncc(C(C)N)s2)c1. The Morgan fingerprint density at radius 3 is 2.82 bits per heavy atom. The molecule has 0 amide bonds. The van der Waals surface area contributed by atoms with Crippen molar-refractivity contribution < 1.29 is 4.74 Å². The molecule has 0 aliphatic carbocycles. The fourth-order valence-corrected chi connectivity index (χ4v) is 2.88. The molecule has 1 aromatic heterocycles. The molecule has 1 aromatic carbocycles. The average Bonchev–Trinajstić information content (AvgIpc) is 2.79. The van der Waals surface area contributed by atoms with E-state index in [2.05, 4.69) is 20.9 Å². The van der Waals surface area contributed by atoms with Crippen molar-refractivity contribution in [2.24, 2.45) is 5.73 Å². The quantitative estimate of drug-likeness (QED) is 0.942. The van der Waals surface area contributed by atoms with Crippen LogP contribution < -0.4 is 10.5 Å². The molecule has 1 heterocycles. The number of nitrogens with two attached hydrogens (primary N) is 1. The van der Waals surface area contributed by atoms with Crippen LogP contribution >= 0.6 is 27.3 Å². The van der Waals surface area contributed by atoms with Crippen molar-refractivity contribution in [1.82, 2.24) is 4.98 Å². The minimum Gasteiger partial charge on any atom is -0.497 e. The minimum atomic E-state index is 0.0191. The molecule has 0 saturated carbocycles. The molecular weight excluding hydrogens is 300 g/mol. The van der Waals surface area contributed by atoms with Gasteiger partial charge in [-0.3, -0.25) is 0 Å². The van der Waals surface area contributed by atoms with Crippen LogP contribution in [0.4, 0.5) is 0 Å². The van der Waals surface area contributed by atoms with Gasteiger partial charge in [-0.15, -0.1) is 11.3 Å². The number of nitrogens with zero attached hydrogens (tertiary/aromatic N) is 1. The van der Waals surface area contributed by atoms with Crippen LogP contribution in [0.25, 0.3) is 10.6 Å². The molecule has 17 heavy (non-hydrogen) atoms. The topological polar surface area (TPSA) is 48.1 Å². The summed E-state index contributed by atoms with van der Waals surface area (Å²) in [6.07, 6.45) is 1.83. The smallest absolute Gasteiger partial charge is 0.124 e. The third kappa shape index (κ3) is 2.68. The second kappa shape index (κ2) is 5.16. The van der Waals surface area contributed by atoms with Gasteiger partial charge in [-0.05, 0) is 25.1 Å². The van der Waals surface area contributed by atoms with Gasteiger partial charge in [0.1, 0.15) is 10.8 Å². The molecule has 1 unspecified atom stereocenters. The van der Waals surface area contributed by atoms with E-state index in [4.69, 9.17) is 10.5 Å². The average molecular weight is 313 g/mol. The molecule has 1 atom stereocenters. The van der Waals surface area contributed by atoms with E-state index in [1.165, 1.54) is 0 Å². The highest BCUT2D eigenvalue weighted by Gasteiger charge is 2.11. The molecule has 2 aromatic rings. The molecule has 0 bridgehead atoms. The molecule has 0 aliphatic rings. The lowest BCUT2D eigenvalue weighted by molar-refractivity contribution is 0.415. The zero-order chi connectivity index (χ0) is 12.4. The predicted octanol–water partition coefficient (Wildman–Crippen LogP) is 3.60. The second-order valence-electron chi connectivity index (χ2n) is 3.70. The Bertz CT molecular complexity index is 525. The van der Waals surface area contributed by atoms with Gasteiger partial charge in [-0.25, -0.2) is 4.98 Å². The lowest BCUT2D eigenvalue weighted by atomic mass is 10.2. The molecule has 90 valence electrons. The van der Waals surface area contributed by atoms with Crippen molar-refractivity contribution in [2.45, 2.75) is 13.0 Å². The lowest BCUT2D eigenvalue weighted by Crippen LogP contribution is -2.01. The third-order valence-electron chi connectivity index (χ3n) is 2.38. The van der Waals surface area contributed by atoms with Crippen LogP contribution in [0.1, 0.15) is 17.8 Å². The molecular formula is C12H13BrN2OS. The van der Waals surface area contributed by atoms with Gasteiger partial charge < -0.3 is 10.5 Å². The zero-order valence-electron chi connectivity index (χ0n) is 9.61. The van der Waals surface area contributed by atoms with Gasteiger partial charge in [-0.1, -0.05) is 15.9 Å². The number of rotatable bonds is 3. The fourth-order valence-electron chi connectivity index (χ4n) is 1.42. The van der Waals surface area contributed by atoms with Crippen molar-refractivity contribution in [3.05, 3.63) is 33.7 Å². The predicted molar refractivity (Wildman–Crippen MR) is 74.4 cm³/mol. The summed E-state index contributed by atoms with van der Waals surface area (Å²) in [5.41, 5.74) is 6.86. The van der Waals surface area contributed by atoms with Crippen molar-refractivity contribution >= 4 is 27.3 Å². The van der Waals surface area contributed by atoms with E-state index in [1.54, 1.807) is 18.4 Å². The van der Waals surface area contributed by atoms with Gasteiger partial charge in [0, 0.05) is 27.2 Å². The van der Waals surface area contributed by atoms with E-state index in [0.29, 0.717) is 0 Å². The van der Waals surface area contributed by atoms with Gasteiger partial charge in [0.15, 0.2) is 0 Å². The first kappa shape index (κ1) is 12.5. The monoisotopic (exact) mass is 312 g/mol. The Labute approximate surface area is 113 Å². The van der Waals surface area contributed by atoms with Crippen molar-refractivity contribution in [1.29, 1.82) is 0 Å². The number of aromatic nitrogens is 1. The van der Waals surface area contributed by atoms with Gasteiger partial charge in [0.2, 0.25) is 0 Å². The van der Waals surface area contributed by atoms with Gasteiger partial charge in [-0.2, -0.15) is 0 Å². The van der Waals surface area contributed by atoms with Gasteiger partial charge >= 0.3 is 0 Å². The summed E-state index contributed by atoms with van der Waals surface area (Å²) in [6, 6.07) is 5.86. The molecule has 5 heteroatoms. The normalized spacial score (nSPS) is 12.5. The van der Waals surface area contributed by atoms with E-state index < -0.39 is 0 Å². The maximum absolute atomic E-state index is 5.83. The molecule has 2 N–H and O–H groups in total. The first-order chi connectivity index (χ1) is 8.11. The van der Waals surface area contributed by atoms with Crippen LogP contribution in [0.2, 0.25) is 0 Å². The number of thiazole rings is 1. The number of halogens is 1. The van der Waals surface area contributed by atoms with Crippen molar-refractivity contribution in [2.75, 3.05) is 7.11 Å². The first-order valence-electron chi connectivity index (χ1n) is 5.17. The molecule has 0 radical (unpaired) electrons. The summed E-state index contributed by atoms with van der Waals surface area (Å²) >= 11 is 5.13. The molecule has 3 nitrogen and oxygen atoms in total.